The predicted molar refractivity (Wildman–Crippen MR) is 96.6 cm³/mol. The molecule has 26 heavy (non-hydrogen) atoms. The van der Waals surface area contributed by atoms with Crippen LogP contribution in [0.5, 0.6) is 0 Å². The van der Waals surface area contributed by atoms with Gasteiger partial charge in [0.2, 0.25) is 6.10 Å². The first-order valence-electron chi connectivity index (χ1n) is 7.47. The molecule has 0 heterocycles. The van der Waals surface area contributed by atoms with Gasteiger partial charge in [0.25, 0.3) is 5.91 Å². The van der Waals surface area contributed by atoms with E-state index in [2.05, 4.69) is 15.9 Å². The van der Waals surface area contributed by atoms with Gasteiger partial charge < -0.3 is 15.4 Å². The summed E-state index contributed by atoms with van der Waals surface area (Å²) in [7, 11) is 1.49. The van der Waals surface area contributed by atoms with Gasteiger partial charge in [0.1, 0.15) is 12.4 Å². The average Bonchev–Trinajstić information content (AvgIpc) is 2.59. The molecule has 0 fully saturated rings. The lowest BCUT2D eigenvalue weighted by Crippen LogP contribution is -2.32. The maximum absolute atomic E-state index is 14.0. The molecule has 0 radical (unpaired) electrons. The molecule has 0 spiro atoms. The van der Waals surface area contributed by atoms with Crippen molar-refractivity contribution in [2.24, 2.45) is 5.73 Å². The fraction of sp³-hybridized carbons (Fsp3) is 0.167. The highest BCUT2D eigenvalue weighted by molar-refractivity contribution is 9.10. The van der Waals surface area contributed by atoms with E-state index in [4.69, 9.17) is 15.7 Å². The number of carbonyl (C=O) groups excluding carboxylic acids is 2. The number of nitriles is 1. The number of primary amides is 1. The van der Waals surface area contributed by atoms with Gasteiger partial charge in [-0.05, 0) is 30.3 Å². The van der Waals surface area contributed by atoms with E-state index in [-0.39, 0.29) is 17.8 Å². The van der Waals surface area contributed by atoms with Crippen molar-refractivity contribution in [1.82, 2.24) is 0 Å². The average molecular weight is 420 g/mol. The fourth-order valence-corrected chi connectivity index (χ4v) is 2.71. The van der Waals surface area contributed by atoms with E-state index in [0.717, 1.165) is 6.07 Å². The molecule has 0 aliphatic rings. The van der Waals surface area contributed by atoms with E-state index >= 15 is 0 Å². The second-order valence-corrected chi connectivity index (χ2v) is 6.38. The van der Waals surface area contributed by atoms with Crippen molar-refractivity contribution < 1.29 is 18.7 Å². The van der Waals surface area contributed by atoms with Gasteiger partial charge in [0, 0.05) is 17.1 Å². The number of nitrogens with zero attached hydrogens (tertiary/aromatic N) is 2. The number of hydrogen-bond donors (Lipinski definition) is 1. The van der Waals surface area contributed by atoms with Gasteiger partial charge in [-0.15, -0.1) is 0 Å². The summed E-state index contributed by atoms with van der Waals surface area (Å²) >= 11 is 3.27. The third kappa shape index (κ3) is 4.80. The Morgan fingerprint density at radius 1 is 1.35 bits per heavy atom. The topological polar surface area (TPSA) is 96.4 Å². The van der Waals surface area contributed by atoms with Crippen molar-refractivity contribution in [2.75, 3.05) is 18.5 Å². The maximum Gasteiger partial charge on any atom is 0.326 e. The molecule has 0 aromatic heterocycles. The zero-order valence-electron chi connectivity index (χ0n) is 13.8. The van der Waals surface area contributed by atoms with Crippen LogP contribution in [0.25, 0.3) is 0 Å². The number of benzene rings is 2. The van der Waals surface area contributed by atoms with E-state index in [9.17, 15) is 14.0 Å². The number of ether oxygens (including phenoxy) is 1. The minimum atomic E-state index is -1.25. The molecule has 6 nitrogen and oxygen atoms in total. The highest BCUT2D eigenvalue weighted by atomic mass is 79.9. The van der Waals surface area contributed by atoms with E-state index in [1.165, 1.54) is 24.1 Å². The van der Waals surface area contributed by atoms with Gasteiger partial charge >= 0.3 is 5.97 Å². The Kier molecular flexibility index (Phi) is 6.31. The molecule has 1 unspecified atom stereocenters. The van der Waals surface area contributed by atoms with Crippen molar-refractivity contribution in [3.63, 3.8) is 0 Å². The minimum absolute atomic E-state index is 0.124. The zero-order valence-corrected chi connectivity index (χ0v) is 15.4. The molecular formula is C18H15BrFN3O3. The quantitative estimate of drug-likeness (QED) is 0.725. The Balaban J connectivity index is 2.11. The zero-order chi connectivity index (χ0) is 19.3. The third-order valence-electron chi connectivity index (χ3n) is 3.51. The fourth-order valence-electron chi connectivity index (χ4n) is 2.29. The van der Waals surface area contributed by atoms with E-state index in [1.807, 2.05) is 6.07 Å². The Morgan fingerprint density at radius 2 is 2.08 bits per heavy atom. The van der Waals surface area contributed by atoms with Crippen LogP contribution >= 0.6 is 15.9 Å². The summed E-state index contributed by atoms with van der Waals surface area (Å²) in [6, 6.07) is 12.4. The largest absolute Gasteiger partial charge is 0.446 e. The van der Waals surface area contributed by atoms with E-state index in [0.29, 0.717) is 10.0 Å². The van der Waals surface area contributed by atoms with Gasteiger partial charge in [0.05, 0.1) is 17.3 Å². The molecule has 2 N–H and O–H groups in total. The number of nitrogens with two attached hydrogens (primary N) is 1. The molecule has 134 valence electrons. The van der Waals surface area contributed by atoms with Crippen LogP contribution < -0.4 is 10.6 Å². The van der Waals surface area contributed by atoms with Crippen LogP contribution in [0.1, 0.15) is 17.2 Å². The molecule has 2 aromatic rings. The molecule has 0 saturated carbocycles. The molecular weight excluding hydrogens is 405 g/mol. The maximum atomic E-state index is 14.0. The molecule has 2 aromatic carbocycles. The lowest BCUT2D eigenvalue weighted by Gasteiger charge is -2.21. The first-order chi connectivity index (χ1) is 12.3. The van der Waals surface area contributed by atoms with Crippen molar-refractivity contribution in [1.29, 1.82) is 5.26 Å². The number of anilines is 1. The molecule has 8 heteroatoms. The van der Waals surface area contributed by atoms with Crippen molar-refractivity contribution >= 4 is 33.5 Å². The lowest BCUT2D eigenvalue weighted by molar-refractivity contribution is -0.154. The highest BCUT2D eigenvalue weighted by Crippen LogP contribution is 2.23. The third-order valence-corrected chi connectivity index (χ3v) is 4.01. The van der Waals surface area contributed by atoms with E-state index in [1.54, 1.807) is 24.3 Å². The van der Waals surface area contributed by atoms with Crippen molar-refractivity contribution in [3.05, 3.63) is 63.9 Å². The number of likely N-dealkylation sites (N-methyl/N-ethyl adjacent to an activating group) is 1. The second-order valence-electron chi connectivity index (χ2n) is 5.46. The van der Waals surface area contributed by atoms with Crippen LogP contribution in [0, 0.1) is 17.1 Å². The molecule has 2 rings (SSSR count). The summed E-state index contributed by atoms with van der Waals surface area (Å²) in [5.41, 5.74) is 6.05. The minimum Gasteiger partial charge on any atom is -0.446 e. The van der Waals surface area contributed by atoms with Crippen LogP contribution in [0.3, 0.4) is 0 Å². The number of carbonyl (C=O) groups is 2. The van der Waals surface area contributed by atoms with Crippen LogP contribution in [-0.2, 0) is 14.3 Å². The Hall–Kier alpha value is -2.92. The predicted octanol–water partition coefficient (Wildman–Crippen LogP) is 2.67. The number of hydrogen-bond acceptors (Lipinski definition) is 5. The number of halogens is 2. The summed E-state index contributed by atoms with van der Waals surface area (Å²) in [5, 5.41) is 8.76. The first kappa shape index (κ1) is 19.4. The number of esters is 1. The summed E-state index contributed by atoms with van der Waals surface area (Å²) in [6.45, 7) is -0.305. The summed E-state index contributed by atoms with van der Waals surface area (Å²) < 4.78 is 19.9. The number of rotatable bonds is 6. The van der Waals surface area contributed by atoms with Crippen LogP contribution in [-0.4, -0.2) is 25.5 Å². The van der Waals surface area contributed by atoms with Gasteiger partial charge in [-0.1, -0.05) is 28.1 Å². The molecule has 1 amide bonds. The van der Waals surface area contributed by atoms with Gasteiger partial charge in [-0.2, -0.15) is 5.26 Å². The standard InChI is InChI=1S/C18H15BrFN3O3/c1-23(15-6-5-11(9-21)7-14(15)20)10-16(24)26-17(18(22)25)12-3-2-4-13(19)8-12/h2-8,17H,10H2,1H3,(H2,22,25). The molecule has 1 atom stereocenters. The normalized spacial score (nSPS) is 11.3. The summed E-state index contributed by atoms with van der Waals surface area (Å²) in [6.07, 6.45) is -1.25. The Morgan fingerprint density at radius 3 is 2.65 bits per heavy atom. The smallest absolute Gasteiger partial charge is 0.326 e. The van der Waals surface area contributed by atoms with Gasteiger partial charge in [-0.3, -0.25) is 9.59 Å². The van der Waals surface area contributed by atoms with Crippen molar-refractivity contribution in [3.8, 4) is 6.07 Å². The highest BCUT2D eigenvalue weighted by Gasteiger charge is 2.24. The van der Waals surface area contributed by atoms with Crippen LogP contribution in [0.2, 0.25) is 0 Å². The molecule has 0 aliphatic heterocycles. The Bertz CT molecular complexity index is 882. The number of amides is 1. The van der Waals surface area contributed by atoms with Gasteiger partial charge in [-0.25, -0.2) is 4.39 Å². The molecule has 0 saturated heterocycles. The van der Waals surface area contributed by atoms with Crippen molar-refractivity contribution in [2.45, 2.75) is 6.10 Å². The molecule has 0 aliphatic carbocycles. The monoisotopic (exact) mass is 419 g/mol. The van der Waals surface area contributed by atoms with Gasteiger partial charge in [0.15, 0.2) is 0 Å². The van der Waals surface area contributed by atoms with Crippen LogP contribution in [0.15, 0.2) is 46.9 Å². The summed E-state index contributed by atoms with van der Waals surface area (Å²) in [4.78, 5) is 25.1. The lowest BCUT2D eigenvalue weighted by atomic mass is 10.1. The Labute approximate surface area is 158 Å². The summed E-state index contributed by atoms with van der Waals surface area (Å²) in [5.74, 6) is -2.21. The molecule has 0 bridgehead atoms. The SMILES string of the molecule is CN(CC(=O)OC(C(N)=O)c1cccc(Br)c1)c1ccc(C#N)cc1F. The van der Waals surface area contributed by atoms with E-state index < -0.39 is 23.8 Å². The van der Waals surface area contributed by atoms with Crippen LogP contribution in [0.4, 0.5) is 10.1 Å². The first-order valence-corrected chi connectivity index (χ1v) is 8.26. The second kappa shape index (κ2) is 8.45.